The third kappa shape index (κ3) is 4.25. The molecular weight excluding hydrogens is 228 g/mol. The minimum absolute atomic E-state index is 0.0555. The molecule has 2 atom stereocenters. The van der Waals surface area contributed by atoms with E-state index in [4.69, 9.17) is 4.74 Å². The lowest BCUT2D eigenvalue weighted by Crippen LogP contribution is -2.43. The maximum absolute atomic E-state index is 12.0. The first kappa shape index (κ1) is 13.8. The number of carbonyl (C=O) groups is 1. The predicted octanol–water partition coefficient (Wildman–Crippen LogP) is 1.59. The highest BCUT2D eigenvalue weighted by Crippen LogP contribution is 2.17. The van der Waals surface area contributed by atoms with Gasteiger partial charge in [0.1, 0.15) is 6.10 Å². The lowest BCUT2D eigenvalue weighted by atomic mass is 9.95. The summed E-state index contributed by atoms with van der Waals surface area (Å²) in [5, 5.41) is 6.49. The third-order valence-corrected chi connectivity index (χ3v) is 4.03. The van der Waals surface area contributed by atoms with Crippen LogP contribution in [0, 0.1) is 0 Å². The average molecular weight is 254 g/mol. The smallest absolute Gasteiger partial charge is 0.249 e. The van der Waals surface area contributed by atoms with E-state index in [2.05, 4.69) is 10.6 Å². The molecule has 18 heavy (non-hydrogen) atoms. The molecule has 0 aromatic rings. The normalized spacial score (nSPS) is 27.1. The van der Waals surface area contributed by atoms with E-state index in [0.717, 1.165) is 25.8 Å². The van der Waals surface area contributed by atoms with Crippen LogP contribution < -0.4 is 10.6 Å². The summed E-state index contributed by atoms with van der Waals surface area (Å²) in [5.74, 6) is 0.0555. The van der Waals surface area contributed by atoms with E-state index in [9.17, 15) is 4.79 Å². The lowest BCUT2D eigenvalue weighted by Gasteiger charge is -2.25. The Labute approximate surface area is 110 Å². The maximum atomic E-state index is 12.0. The van der Waals surface area contributed by atoms with Gasteiger partial charge in [0.2, 0.25) is 5.91 Å². The summed E-state index contributed by atoms with van der Waals surface area (Å²) in [7, 11) is 0. The molecule has 2 rings (SSSR count). The number of hydrogen-bond acceptors (Lipinski definition) is 3. The van der Waals surface area contributed by atoms with Gasteiger partial charge in [-0.2, -0.15) is 0 Å². The fourth-order valence-corrected chi connectivity index (χ4v) is 2.80. The zero-order valence-electron chi connectivity index (χ0n) is 11.4. The van der Waals surface area contributed by atoms with E-state index in [-0.39, 0.29) is 12.0 Å². The summed E-state index contributed by atoms with van der Waals surface area (Å²) in [6.07, 6.45) is 8.11. The van der Waals surface area contributed by atoms with Gasteiger partial charge in [-0.25, -0.2) is 0 Å². The standard InChI is InChI=1S/C14H26N2O2/c1-11(18-10-13-8-5-9-15-13)14(17)16-12-6-3-2-4-7-12/h11-13,15H,2-10H2,1H3,(H,16,17). The van der Waals surface area contributed by atoms with Crippen molar-refractivity contribution in [2.24, 2.45) is 0 Å². The second-order valence-electron chi connectivity index (χ2n) is 5.61. The third-order valence-electron chi connectivity index (χ3n) is 4.03. The molecule has 0 spiro atoms. The van der Waals surface area contributed by atoms with E-state index in [1.807, 2.05) is 6.92 Å². The molecule has 0 aromatic heterocycles. The Hall–Kier alpha value is -0.610. The van der Waals surface area contributed by atoms with Crippen LogP contribution in [0.2, 0.25) is 0 Å². The number of carbonyl (C=O) groups excluding carboxylic acids is 1. The van der Waals surface area contributed by atoms with Crippen molar-refractivity contribution in [2.75, 3.05) is 13.2 Å². The molecule has 1 aliphatic heterocycles. The fraction of sp³-hybridized carbons (Fsp3) is 0.929. The largest absolute Gasteiger partial charge is 0.367 e. The summed E-state index contributed by atoms with van der Waals surface area (Å²) in [4.78, 5) is 12.0. The minimum atomic E-state index is -0.325. The van der Waals surface area contributed by atoms with Gasteiger partial charge in [-0.1, -0.05) is 19.3 Å². The summed E-state index contributed by atoms with van der Waals surface area (Å²) in [6.45, 7) is 3.59. The fourth-order valence-electron chi connectivity index (χ4n) is 2.80. The molecule has 1 amide bonds. The summed E-state index contributed by atoms with van der Waals surface area (Å²) in [6, 6.07) is 0.817. The monoisotopic (exact) mass is 254 g/mol. The van der Waals surface area contributed by atoms with Crippen LogP contribution in [0.25, 0.3) is 0 Å². The van der Waals surface area contributed by atoms with Crippen molar-refractivity contribution in [3.8, 4) is 0 Å². The van der Waals surface area contributed by atoms with Gasteiger partial charge in [0.25, 0.3) is 0 Å². The zero-order valence-corrected chi connectivity index (χ0v) is 11.4. The van der Waals surface area contributed by atoms with Crippen LogP contribution in [0.3, 0.4) is 0 Å². The first-order valence-electron chi connectivity index (χ1n) is 7.41. The second-order valence-corrected chi connectivity index (χ2v) is 5.61. The molecule has 4 heteroatoms. The minimum Gasteiger partial charge on any atom is -0.367 e. The molecule has 1 aliphatic carbocycles. The molecule has 1 saturated heterocycles. The topological polar surface area (TPSA) is 50.4 Å². The molecule has 1 saturated carbocycles. The number of rotatable bonds is 5. The summed E-state index contributed by atoms with van der Waals surface area (Å²) >= 11 is 0. The average Bonchev–Trinajstić information content (AvgIpc) is 2.90. The number of hydrogen-bond donors (Lipinski definition) is 2. The predicted molar refractivity (Wildman–Crippen MR) is 71.5 cm³/mol. The van der Waals surface area contributed by atoms with Crippen LogP contribution in [-0.2, 0) is 9.53 Å². The van der Waals surface area contributed by atoms with Crippen molar-refractivity contribution in [1.29, 1.82) is 0 Å². The molecule has 0 bridgehead atoms. The van der Waals surface area contributed by atoms with E-state index in [0.29, 0.717) is 18.7 Å². The van der Waals surface area contributed by atoms with E-state index in [1.165, 1.54) is 25.7 Å². The molecule has 0 radical (unpaired) electrons. The molecule has 2 N–H and O–H groups in total. The molecule has 1 heterocycles. The highest BCUT2D eigenvalue weighted by Gasteiger charge is 2.21. The summed E-state index contributed by atoms with van der Waals surface area (Å²) in [5.41, 5.74) is 0. The highest BCUT2D eigenvalue weighted by molar-refractivity contribution is 5.80. The highest BCUT2D eigenvalue weighted by atomic mass is 16.5. The van der Waals surface area contributed by atoms with Crippen molar-refractivity contribution in [1.82, 2.24) is 10.6 Å². The van der Waals surface area contributed by atoms with Gasteiger partial charge in [0, 0.05) is 12.1 Å². The first-order chi connectivity index (χ1) is 8.75. The Morgan fingerprint density at radius 3 is 2.72 bits per heavy atom. The van der Waals surface area contributed by atoms with Gasteiger partial charge >= 0.3 is 0 Å². The number of nitrogens with one attached hydrogen (secondary N) is 2. The Morgan fingerprint density at radius 2 is 2.06 bits per heavy atom. The van der Waals surface area contributed by atoms with Crippen LogP contribution in [0.4, 0.5) is 0 Å². The lowest BCUT2D eigenvalue weighted by molar-refractivity contribution is -0.133. The van der Waals surface area contributed by atoms with Gasteiger partial charge in [-0.05, 0) is 39.2 Å². The summed E-state index contributed by atoms with van der Waals surface area (Å²) < 4.78 is 5.65. The molecule has 2 fully saturated rings. The van der Waals surface area contributed by atoms with Crippen molar-refractivity contribution in [3.63, 3.8) is 0 Å². The molecule has 2 aliphatic rings. The van der Waals surface area contributed by atoms with Crippen LogP contribution in [-0.4, -0.2) is 37.2 Å². The van der Waals surface area contributed by atoms with Crippen LogP contribution >= 0.6 is 0 Å². The zero-order chi connectivity index (χ0) is 12.8. The van der Waals surface area contributed by atoms with Crippen LogP contribution in [0.1, 0.15) is 51.9 Å². The quantitative estimate of drug-likeness (QED) is 0.783. The van der Waals surface area contributed by atoms with Crippen LogP contribution in [0.5, 0.6) is 0 Å². The molecule has 4 nitrogen and oxygen atoms in total. The van der Waals surface area contributed by atoms with Crippen molar-refractivity contribution >= 4 is 5.91 Å². The number of ether oxygens (including phenoxy) is 1. The van der Waals surface area contributed by atoms with Gasteiger partial charge < -0.3 is 15.4 Å². The number of amides is 1. The molecule has 104 valence electrons. The molecular formula is C14H26N2O2. The van der Waals surface area contributed by atoms with Gasteiger partial charge in [-0.15, -0.1) is 0 Å². The van der Waals surface area contributed by atoms with E-state index >= 15 is 0 Å². The maximum Gasteiger partial charge on any atom is 0.249 e. The molecule has 0 aromatic carbocycles. The Bertz CT molecular complexity index is 259. The van der Waals surface area contributed by atoms with Gasteiger partial charge in [-0.3, -0.25) is 4.79 Å². The van der Waals surface area contributed by atoms with Gasteiger partial charge in [0.15, 0.2) is 0 Å². The van der Waals surface area contributed by atoms with Gasteiger partial charge in [0.05, 0.1) is 6.61 Å². The van der Waals surface area contributed by atoms with Crippen molar-refractivity contribution in [2.45, 2.75) is 70.1 Å². The van der Waals surface area contributed by atoms with Crippen molar-refractivity contribution in [3.05, 3.63) is 0 Å². The van der Waals surface area contributed by atoms with E-state index < -0.39 is 0 Å². The SMILES string of the molecule is CC(OCC1CCCN1)C(=O)NC1CCCCC1. The van der Waals surface area contributed by atoms with Crippen molar-refractivity contribution < 1.29 is 9.53 Å². The Balaban J connectivity index is 1.63. The Kier molecular flexibility index (Phi) is 5.45. The molecule has 2 unspecified atom stereocenters. The van der Waals surface area contributed by atoms with E-state index in [1.54, 1.807) is 0 Å². The Morgan fingerprint density at radius 1 is 1.28 bits per heavy atom. The van der Waals surface area contributed by atoms with Crippen LogP contribution in [0.15, 0.2) is 0 Å². The second kappa shape index (κ2) is 7.10. The first-order valence-corrected chi connectivity index (χ1v) is 7.41.